The Bertz CT molecular complexity index is 777. The fourth-order valence-corrected chi connectivity index (χ4v) is 4.89. The van der Waals surface area contributed by atoms with E-state index in [0.717, 1.165) is 24.6 Å². The Kier molecular flexibility index (Phi) is 2.19. The van der Waals surface area contributed by atoms with Gasteiger partial charge in [-0.1, -0.05) is 0 Å². The van der Waals surface area contributed by atoms with Gasteiger partial charge >= 0.3 is 0 Å². The molecule has 3 saturated carbocycles. The van der Waals surface area contributed by atoms with Crippen molar-refractivity contribution < 1.29 is 0 Å². The fraction of sp³-hybridized carbons (Fsp3) is 0.588. The molecule has 22 heavy (non-hydrogen) atoms. The number of H-pyrrole nitrogens is 1. The van der Waals surface area contributed by atoms with Crippen molar-refractivity contribution in [2.45, 2.75) is 62.1 Å². The van der Waals surface area contributed by atoms with Gasteiger partial charge in [-0.15, -0.1) is 0 Å². The number of nitrogens with zero attached hydrogens (tertiary/aromatic N) is 1. The average molecular weight is 297 g/mol. The van der Waals surface area contributed by atoms with Gasteiger partial charge in [0.2, 0.25) is 0 Å². The first-order valence-corrected chi connectivity index (χ1v) is 8.35. The molecule has 3 heterocycles. The Labute approximate surface area is 129 Å². The highest BCUT2D eigenvalue weighted by Crippen LogP contribution is 2.51. The van der Waals surface area contributed by atoms with E-state index in [9.17, 15) is 0 Å². The average Bonchev–Trinajstić information content (AvgIpc) is 3.11. The third kappa shape index (κ3) is 1.45. The monoisotopic (exact) mass is 297 g/mol. The van der Waals surface area contributed by atoms with Gasteiger partial charge in [0.1, 0.15) is 5.66 Å². The van der Waals surface area contributed by atoms with Crippen LogP contribution in [0, 0.1) is 0 Å². The molecule has 0 saturated heterocycles. The number of hydrogen-bond donors (Lipinski definition) is 4. The lowest BCUT2D eigenvalue weighted by Crippen LogP contribution is -2.58. The molecule has 5 aliphatic rings. The molecule has 5 heteroatoms. The van der Waals surface area contributed by atoms with Crippen LogP contribution in [0.25, 0.3) is 11.8 Å². The minimum absolute atomic E-state index is 0.0995. The highest BCUT2D eigenvalue weighted by Gasteiger charge is 2.49. The second kappa shape index (κ2) is 3.77. The third-order valence-corrected chi connectivity index (χ3v) is 6.54. The van der Waals surface area contributed by atoms with Crippen LogP contribution in [0.3, 0.4) is 0 Å². The zero-order valence-electron chi connectivity index (χ0n) is 13.0. The normalized spacial score (nSPS) is 41.5. The molecule has 1 aromatic rings. The Hall–Kier alpha value is -1.75. The number of nitrogens with one attached hydrogen (secondary N) is 3. The topological polar surface area (TPSA) is 78.8 Å². The van der Waals surface area contributed by atoms with Crippen LogP contribution in [-0.4, -0.2) is 21.4 Å². The predicted octanol–water partition coefficient (Wildman–Crippen LogP) is 0.0378. The molecule has 6 rings (SSSR count). The van der Waals surface area contributed by atoms with Crippen LogP contribution >= 0.6 is 0 Å². The number of rotatable bonds is 1. The predicted molar refractivity (Wildman–Crippen MR) is 85.8 cm³/mol. The van der Waals surface area contributed by atoms with Crippen molar-refractivity contribution in [1.29, 1.82) is 0 Å². The number of aromatic nitrogens is 2. The van der Waals surface area contributed by atoms with Crippen LogP contribution in [0.2, 0.25) is 0 Å². The van der Waals surface area contributed by atoms with E-state index in [0.29, 0.717) is 0 Å². The van der Waals surface area contributed by atoms with Crippen LogP contribution < -0.4 is 26.9 Å². The fourth-order valence-electron chi connectivity index (χ4n) is 4.89. The molecule has 5 N–H and O–H groups in total. The molecule has 3 fully saturated rings. The summed E-state index contributed by atoms with van der Waals surface area (Å²) in [5.41, 5.74) is 9.18. The summed E-state index contributed by atoms with van der Waals surface area (Å²) in [4.78, 5) is 0. The SMILES string of the molecule is CC12NC=CC1=c1c(C34CCC(N)(CC3)CC4)n[nH]c1=CN2. The molecule has 2 bridgehead atoms. The van der Waals surface area contributed by atoms with Crippen LogP contribution in [0.4, 0.5) is 0 Å². The summed E-state index contributed by atoms with van der Waals surface area (Å²) in [6.07, 6.45) is 13.2. The first-order chi connectivity index (χ1) is 10.5. The van der Waals surface area contributed by atoms with Gasteiger partial charge < -0.3 is 16.4 Å². The molecule has 116 valence electrons. The lowest BCUT2D eigenvalue weighted by molar-refractivity contribution is 0.103. The molecule has 1 atom stereocenters. The molecule has 0 spiro atoms. The van der Waals surface area contributed by atoms with Crippen LogP contribution in [-0.2, 0) is 5.41 Å². The maximum Gasteiger partial charge on any atom is 0.131 e. The third-order valence-electron chi connectivity index (χ3n) is 6.54. The second-order valence-corrected chi connectivity index (χ2v) is 7.81. The molecule has 1 unspecified atom stereocenters. The molecule has 1 aromatic heterocycles. The standard InChI is InChI=1S/C17H23N5/c1-15-11(2-9-19-15)13-12(10-20-15)21-22-14(13)16-3-6-17(18,7-4-16)8-5-16/h2,9-10,19-21H,3-8,18H2,1H3. The molecule has 0 amide bonds. The van der Waals surface area contributed by atoms with Crippen molar-refractivity contribution in [3.8, 4) is 0 Å². The van der Waals surface area contributed by atoms with Crippen molar-refractivity contribution in [2.75, 3.05) is 0 Å². The summed E-state index contributed by atoms with van der Waals surface area (Å²) < 4.78 is 0. The van der Waals surface area contributed by atoms with E-state index in [4.69, 9.17) is 10.8 Å². The van der Waals surface area contributed by atoms with Gasteiger partial charge in [-0.2, -0.15) is 5.10 Å². The van der Waals surface area contributed by atoms with E-state index in [1.54, 1.807) is 0 Å². The van der Waals surface area contributed by atoms with E-state index < -0.39 is 0 Å². The van der Waals surface area contributed by atoms with Crippen LogP contribution in [0.1, 0.15) is 51.1 Å². The number of aromatic amines is 1. The van der Waals surface area contributed by atoms with Crippen molar-refractivity contribution in [1.82, 2.24) is 20.8 Å². The highest BCUT2D eigenvalue weighted by atomic mass is 15.2. The maximum atomic E-state index is 6.48. The molecule has 2 aliphatic heterocycles. The van der Waals surface area contributed by atoms with Crippen molar-refractivity contribution in [3.05, 3.63) is 28.5 Å². The van der Waals surface area contributed by atoms with Gasteiger partial charge in [0.05, 0.1) is 11.0 Å². The Morgan fingerprint density at radius 2 is 1.82 bits per heavy atom. The van der Waals surface area contributed by atoms with Gasteiger partial charge in [0.15, 0.2) is 0 Å². The zero-order valence-corrected chi connectivity index (χ0v) is 13.0. The molecular formula is C17H23N5. The van der Waals surface area contributed by atoms with Crippen LogP contribution in [0.5, 0.6) is 0 Å². The summed E-state index contributed by atoms with van der Waals surface area (Å²) >= 11 is 0. The van der Waals surface area contributed by atoms with E-state index in [1.807, 2.05) is 6.20 Å². The van der Waals surface area contributed by atoms with E-state index in [2.05, 4.69) is 34.9 Å². The molecule has 0 aromatic carbocycles. The van der Waals surface area contributed by atoms with Gasteiger partial charge in [0, 0.05) is 27.9 Å². The van der Waals surface area contributed by atoms with Gasteiger partial charge in [-0.05, 0) is 57.7 Å². The quantitative estimate of drug-likeness (QED) is 0.590. The lowest BCUT2D eigenvalue weighted by atomic mass is 9.56. The summed E-state index contributed by atoms with van der Waals surface area (Å²) in [6.45, 7) is 2.18. The molecular weight excluding hydrogens is 274 g/mol. The van der Waals surface area contributed by atoms with Crippen LogP contribution in [0.15, 0.2) is 12.3 Å². The minimum atomic E-state index is -0.205. The first kappa shape index (κ1) is 12.8. The van der Waals surface area contributed by atoms with Gasteiger partial charge in [-0.3, -0.25) is 5.10 Å². The number of fused-ring (bicyclic) bond motifs is 5. The second-order valence-electron chi connectivity index (χ2n) is 7.81. The van der Waals surface area contributed by atoms with Crippen molar-refractivity contribution in [3.63, 3.8) is 0 Å². The van der Waals surface area contributed by atoms with E-state index in [1.165, 1.54) is 35.7 Å². The Morgan fingerprint density at radius 3 is 2.55 bits per heavy atom. The zero-order chi connectivity index (χ0) is 15.0. The Balaban J connectivity index is 1.74. The van der Waals surface area contributed by atoms with Gasteiger partial charge in [0.25, 0.3) is 0 Å². The Morgan fingerprint density at radius 1 is 1.09 bits per heavy atom. The van der Waals surface area contributed by atoms with E-state index in [-0.39, 0.29) is 16.6 Å². The summed E-state index contributed by atoms with van der Waals surface area (Å²) in [6, 6.07) is 0. The van der Waals surface area contributed by atoms with E-state index >= 15 is 0 Å². The van der Waals surface area contributed by atoms with Crippen molar-refractivity contribution >= 4 is 11.8 Å². The number of nitrogens with two attached hydrogens (primary N) is 1. The molecule has 3 aliphatic carbocycles. The van der Waals surface area contributed by atoms with Gasteiger partial charge in [-0.25, -0.2) is 0 Å². The maximum absolute atomic E-state index is 6.48. The molecule has 5 nitrogen and oxygen atoms in total. The summed E-state index contributed by atoms with van der Waals surface area (Å²) in [7, 11) is 0. The lowest BCUT2D eigenvalue weighted by Gasteiger charge is -2.51. The van der Waals surface area contributed by atoms with Crippen molar-refractivity contribution in [2.24, 2.45) is 5.73 Å². The molecule has 0 radical (unpaired) electrons. The highest BCUT2D eigenvalue weighted by molar-refractivity contribution is 5.71. The first-order valence-electron chi connectivity index (χ1n) is 8.35. The number of hydrogen-bond acceptors (Lipinski definition) is 4. The summed E-state index contributed by atoms with van der Waals surface area (Å²) in [5, 5.41) is 17.3. The largest absolute Gasteiger partial charge is 0.365 e. The minimum Gasteiger partial charge on any atom is -0.365 e. The smallest absolute Gasteiger partial charge is 0.131 e. The summed E-state index contributed by atoms with van der Waals surface area (Å²) in [5.74, 6) is 0.